The van der Waals surface area contributed by atoms with Gasteiger partial charge in [-0.05, 0) is 48.6 Å². The molecule has 3 atom stereocenters. The first-order chi connectivity index (χ1) is 18.2. The Morgan fingerprint density at radius 1 is 0.737 bits per heavy atom. The van der Waals surface area contributed by atoms with Gasteiger partial charge in [0, 0.05) is 0 Å². The van der Waals surface area contributed by atoms with Crippen LogP contribution in [-0.4, -0.2) is 42.3 Å². The van der Waals surface area contributed by atoms with Crippen LogP contribution in [0.1, 0.15) is 58.1 Å². The van der Waals surface area contributed by atoms with Crippen molar-refractivity contribution in [1.29, 1.82) is 0 Å². The summed E-state index contributed by atoms with van der Waals surface area (Å²) in [5, 5.41) is 8.22. The average molecular weight is 524 g/mol. The summed E-state index contributed by atoms with van der Waals surface area (Å²) in [6.07, 6.45) is 1.86. The standard InChI is InChI=1S/C30H41N3O5/c1-21(2)17-26(28(35)31-25(19-34)16-15-23-11-7-5-8-12-23)32-29(36)27(18-22(3)4)33-30(37)38-20-24-13-9-6-10-14-24/h5-14,19,21-22,25-27H,15-18,20H2,1-4H3,(H,31,35)(H,32,36)(H,33,37)/t25-,26-,27-/m0/s1. The molecular weight excluding hydrogens is 482 g/mol. The first kappa shape index (κ1) is 30.5. The van der Waals surface area contributed by atoms with Gasteiger partial charge in [0.2, 0.25) is 11.8 Å². The molecule has 0 saturated heterocycles. The minimum Gasteiger partial charge on any atom is -0.445 e. The molecule has 2 aromatic carbocycles. The lowest BCUT2D eigenvalue weighted by atomic mass is 9.99. The smallest absolute Gasteiger partial charge is 0.408 e. The first-order valence-electron chi connectivity index (χ1n) is 13.2. The number of hydrogen-bond donors (Lipinski definition) is 3. The van der Waals surface area contributed by atoms with E-state index in [4.69, 9.17) is 4.74 Å². The van der Waals surface area contributed by atoms with Gasteiger partial charge in [0.15, 0.2) is 0 Å². The molecular formula is C30H41N3O5. The fourth-order valence-electron chi connectivity index (χ4n) is 4.01. The molecule has 8 nitrogen and oxygen atoms in total. The van der Waals surface area contributed by atoms with Gasteiger partial charge in [0.05, 0.1) is 6.04 Å². The molecule has 206 valence electrons. The summed E-state index contributed by atoms with van der Waals surface area (Å²) in [5.41, 5.74) is 1.90. The normalized spacial score (nSPS) is 13.3. The van der Waals surface area contributed by atoms with Crippen molar-refractivity contribution in [2.75, 3.05) is 0 Å². The zero-order chi connectivity index (χ0) is 27.9. The van der Waals surface area contributed by atoms with Crippen LogP contribution in [0.25, 0.3) is 0 Å². The molecule has 2 aromatic rings. The van der Waals surface area contributed by atoms with Crippen LogP contribution in [0, 0.1) is 11.8 Å². The third kappa shape index (κ3) is 11.6. The fourth-order valence-corrected chi connectivity index (χ4v) is 4.01. The highest BCUT2D eigenvalue weighted by Gasteiger charge is 2.29. The first-order valence-corrected chi connectivity index (χ1v) is 13.2. The van der Waals surface area contributed by atoms with E-state index in [9.17, 15) is 19.2 Å². The van der Waals surface area contributed by atoms with E-state index in [1.807, 2.05) is 88.4 Å². The number of nitrogens with one attached hydrogen (secondary N) is 3. The molecule has 0 aliphatic carbocycles. The van der Waals surface area contributed by atoms with Gasteiger partial charge < -0.3 is 25.5 Å². The van der Waals surface area contributed by atoms with E-state index in [1.54, 1.807) is 0 Å². The number of benzene rings is 2. The van der Waals surface area contributed by atoms with Crippen molar-refractivity contribution in [2.45, 2.75) is 78.1 Å². The summed E-state index contributed by atoms with van der Waals surface area (Å²) in [6, 6.07) is 16.6. The summed E-state index contributed by atoms with van der Waals surface area (Å²) in [5.74, 6) is -0.678. The zero-order valence-corrected chi connectivity index (χ0v) is 22.8. The van der Waals surface area contributed by atoms with Gasteiger partial charge in [0.1, 0.15) is 25.0 Å². The molecule has 0 radical (unpaired) electrons. The molecule has 8 heteroatoms. The quantitative estimate of drug-likeness (QED) is 0.303. The van der Waals surface area contributed by atoms with Gasteiger partial charge in [0.25, 0.3) is 0 Å². The van der Waals surface area contributed by atoms with Gasteiger partial charge in [-0.2, -0.15) is 0 Å². The second-order valence-electron chi connectivity index (χ2n) is 10.4. The Hall–Kier alpha value is -3.68. The Morgan fingerprint density at radius 2 is 1.24 bits per heavy atom. The Bertz CT molecular complexity index is 1010. The van der Waals surface area contributed by atoms with E-state index in [0.29, 0.717) is 25.7 Å². The fraction of sp³-hybridized carbons (Fsp3) is 0.467. The number of aldehydes is 1. The van der Waals surface area contributed by atoms with Crippen molar-refractivity contribution in [3.8, 4) is 0 Å². The lowest BCUT2D eigenvalue weighted by Gasteiger charge is -2.26. The van der Waals surface area contributed by atoms with Crippen LogP contribution in [0.15, 0.2) is 60.7 Å². The lowest BCUT2D eigenvalue weighted by Crippen LogP contribution is -2.55. The van der Waals surface area contributed by atoms with Gasteiger partial charge in [-0.25, -0.2) is 4.79 Å². The van der Waals surface area contributed by atoms with Crippen molar-refractivity contribution >= 4 is 24.2 Å². The van der Waals surface area contributed by atoms with Crippen molar-refractivity contribution in [1.82, 2.24) is 16.0 Å². The molecule has 38 heavy (non-hydrogen) atoms. The Balaban J connectivity index is 2.00. The number of carbonyl (C=O) groups is 4. The molecule has 3 amide bonds. The van der Waals surface area contributed by atoms with E-state index in [2.05, 4.69) is 16.0 Å². The SMILES string of the molecule is CC(C)C[C@H](NC(=O)OCc1ccccc1)C(=O)N[C@@H](CC(C)C)C(=O)N[C@H](C=O)CCc1ccccc1. The molecule has 2 rings (SSSR count). The minimum absolute atomic E-state index is 0.0805. The summed E-state index contributed by atoms with van der Waals surface area (Å²) < 4.78 is 5.29. The maximum Gasteiger partial charge on any atom is 0.408 e. The van der Waals surface area contributed by atoms with E-state index in [-0.39, 0.29) is 18.4 Å². The number of amides is 3. The van der Waals surface area contributed by atoms with Crippen molar-refractivity contribution < 1.29 is 23.9 Å². The van der Waals surface area contributed by atoms with Gasteiger partial charge in [-0.1, -0.05) is 88.4 Å². The third-order valence-electron chi connectivity index (χ3n) is 5.95. The van der Waals surface area contributed by atoms with E-state index < -0.39 is 36.0 Å². The molecule has 0 bridgehead atoms. The van der Waals surface area contributed by atoms with Gasteiger partial charge in [-0.3, -0.25) is 9.59 Å². The molecule has 0 unspecified atom stereocenters. The number of rotatable bonds is 15. The van der Waals surface area contributed by atoms with Crippen LogP contribution in [0.2, 0.25) is 0 Å². The summed E-state index contributed by atoms with van der Waals surface area (Å²) in [6.45, 7) is 7.86. The molecule has 0 spiro atoms. The molecule has 0 aliphatic rings. The molecule has 0 aromatic heterocycles. The van der Waals surface area contributed by atoms with Gasteiger partial charge >= 0.3 is 6.09 Å². The number of carbonyl (C=O) groups excluding carboxylic acids is 4. The second kappa shape index (κ2) is 16.2. The van der Waals surface area contributed by atoms with Crippen molar-refractivity contribution in [2.24, 2.45) is 11.8 Å². The van der Waals surface area contributed by atoms with E-state index in [1.165, 1.54) is 0 Å². The molecule has 0 heterocycles. The van der Waals surface area contributed by atoms with Crippen LogP contribution >= 0.6 is 0 Å². The predicted octanol–water partition coefficient (Wildman–Crippen LogP) is 4.17. The Kier molecular flexibility index (Phi) is 13.0. The average Bonchev–Trinajstić information content (AvgIpc) is 2.89. The largest absolute Gasteiger partial charge is 0.445 e. The van der Waals surface area contributed by atoms with Gasteiger partial charge in [-0.15, -0.1) is 0 Å². The molecule has 3 N–H and O–H groups in total. The monoisotopic (exact) mass is 523 g/mol. The number of ether oxygens (including phenoxy) is 1. The highest BCUT2D eigenvalue weighted by atomic mass is 16.5. The Labute approximate surface area is 225 Å². The van der Waals surface area contributed by atoms with E-state index in [0.717, 1.165) is 17.4 Å². The zero-order valence-electron chi connectivity index (χ0n) is 22.8. The van der Waals surface area contributed by atoms with Crippen LogP contribution < -0.4 is 16.0 Å². The number of aryl methyl sites for hydroxylation is 1. The topological polar surface area (TPSA) is 114 Å². The van der Waals surface area contributed by atoms with Crippen LogP contribution in [0.3, 0.4) is 0 Å². The highest BCUT2D eigenvalue weighted by molar-refractivity contribution is 5.92. The summed E-state index contributed by atoms with van der Waals surface area (Å²) >= 11 is 0. The molecule has 0 fully saturated rings. The maximum atomic E-state index is 13.2. The van der Waals surface area contributed by atoms with Crippen LogP contribution in [0.5, 0.6) is 0 Å². The molecule has 0 aliphatic heterocycles. The third-order valence-corrected chi connectivity index (χ3v) is 5.95. The summed E-state index contributed by atoms with van der Waals surface area (Å²) in [7, 11) is 0. The second-order valence-corrected chi connectivity index (χ2v) is 10.4. The number of hydrogen-bond acceptors (Lipinski definition) is 5. The van der Waals surface area contributed by atoms with Crippen molar-refractivity contribution in [3.05, 3.63) is 71.8 Å². The minimum atomic E-state index is -0.874. The maximum absolute atomic E-state index is 13.2. The summed E-state index contributed by atoms with van der Waals surface area (Å²) in [4.78, 5) is 50.5. The predicted molar refractivity (Wildman–Crippen MR) is 147 cm³/mol. The molecule has 0 saturated carbocycles. The highest BCUT2D eigenvalue weighted by Crippen LogP contribution is 2.11. The van der Waals surface area contributed by atoms with Crippen molar-refractivity contribution in [3.63, 3.8) is 0 Å². The van der Waals surface area contributed by atoms with E-state index >= 15 is 0 Å². The lowest BCUT2D eigenvalue weighted by molar-refractivity contribution is -0.131. The van der Waals surface area contributed by atoms with Crippen LogP contribution in [-0.2, 0) is 32.1 Å². The number of alkyl carbamates (subject to hydrolysis) is 1. The Morgan fingerprint density at radius 3 is 1.76 bits per heavy atom. The van der Waals surface area contributed by atoms with Crippen LogP contribution in [0.4, 0.5) is 4.79 Å².